The molecule has 30 heavy (non-hydrogen) atoms. The number of nitrogens with two attached hydrogens (primary N) is 1. The summed E-state index contributed by atoms with van der Waals surface area (Å²) >= 11 is 0. The van der Waals surface area contributed by atoms with E-state index in [0.29, 0.717) is 18.5 Å². The normalized spacial score (nSPS) is 21.4. The van der Waals surface area contributed by atoms with Crippen molar-refractivity contribution in [3.05, 3.63) is 64.2 Å². The number of carbonyl (C=O) groups excluding carboxylic acids is 3. The zero-order valence-corrected chi connectivity index (χ0v) is 16.7. The maximum atomic E-state index is 13.0. The standard InChI is InChI=1S/C23H24N4O3/c24-19-6-2-3-14-9-10-26(12-18(14)19)11-15-4-1-5-16-17(15)13-27(23(16)30)20-7-8-21(28)25-22(20)29/h1-6,20H,7-13,24H2,(H,25,28,29). The third-order valence-electron chi connectivity index (χ3n) is 6.46. The molecule has 3 N–H and O–H groups in total. The topological polar surface area (TPSA) is 95.7 Å². The number of hydrogen-bond acceptors (Lipinski definition) is 5. The van der Waals surface area contributed by atoms with E-state index in [0.717, 1.165) is 42.9 Å². The molecule has 2 aromatic carbocycles. The lowest BCUT2D eigenvalue weighted by molar-refractivity contribution is -0.136. The first-order valence-corrected chi connectivity index (χ1v) is 10.4. The molecule has 154 valence electrons. The molecule has 0 aliphatic carbocycles. The van der Waals surface area contributed by atoms with Gasteiger partial charge in [0.15, 0.2) is 0 Å². The van der Waals surface area contributed by atoms with Gasteiger partial charge in [-0.1, -0.05) is 24.3 Å². The lowest BCUT2D eigenvalue weighted by atomic mass is 9.96. The smallest absolute Gasteiger partial charge is 0.255 e. The van der Waals surface area contributed by atoms with Crippen molar-refractivity contribution in [1.82, 2.24) is 15.1 Å². The van der Waals surface area contributed by atoms with E-state index < -0.39 is 6.04 Å². The van der Waals surface area contributed by atoms with Crippen LogP contribution < -0.4 is 11.1 Å². The molecule has 0 aromatic heterocycles. The Morgan fingerprint density at radius 2 is 1.83 bits per heavy atom. The van der Waals surface area contributed by atoms with E-state index in [2.05, 4.69) is 22.3 Å². The van der Waals surface area contributed by atoms with Crippen molar-refractivity contribution in [2.45, 2.75) is 44.9 Å². The molecule has 7 heteroatoms. The predicted molar refractivity (Wildman–Crippen MR) is 111 cm³/mol. The SMILES string of the molecule is Nc1cccc2c1CN(Cc1cccc3c1CN(C1CCC(=O)NC1=O)C3=O)CC2. The molecule has 0 spiro atoms. The van der Waals surface area contributed by atoms with Gasteiger partial charge >= 0.3 is 0 Å². The summed E-state index contributed by atoms with van der Waals surface area (Å²) in [5, 5.41) is 2.36. The highest BCUT2D eigenvalue weighted by Gasteiger charge is 2.39. The molecule has 0 radical (unpaired) electrons. The fraction of sp³-hybridized carbons (Fsp3) is 0.348. The number of nitrogens with zero attached hydrogens (tertiary/aromatic N) is 2. The summed E-state index contributed by atoms with van der Waals surface area (Å²) in [5.74, 6) is -0.780. The van der Waals surface area contributed by atoms with Gasteiger partial charge in [-0.3, -0.25) is 24.6 Å². The zero-order chi connectivity index (χ0) is 20.8. The van der Waals surface area contributed by atoms with Crippen molar-refractivity contribution >= 4 is 23.4 Å². The number of nitrogen functional groups attached to an aromatic ring is 1. The Balaban J connectivity index is 1.37. The largest absolute Gasteiger partial charge is 0.398 e. The Labute approximate surface area is 174 Å². The molecular formula is C23H24N4O3. The summed E-state index contributed by atoms with van der Waals surface area (Å²) in [4.78, 5) is 40.7. The number of benzene rings is 2. The Morgan fingerprint density at radius 1 is 1.00 bits per heavy atom. The summed E-state index contributed by atoms with van der Waals surface area (Å²) in [6.45, 7) is 2.86. The summed E-state index contributed by atoms with van der Waals surface area (Å²) in [7, 11) is 0. The van der Waals surface area contributed by atoms with Crippen molar-refractivity contribution in [3.8, 4) is 0 Å². The van der Waals surface area contributed by atoms with Crippen LogP contribution in [0.25, 0.3) is 0 Å². The average Bonchev–Trinajstić information content (AvgIpc) is 3.06. The van der Waals surface area contributed by atoms with Crippen molar-refractivity contribution in [1.29, 1.82) is 0 Å². The fourth-order valence-electron chi connectivity index (χ4n) is 4.84. The molecule has 7 nitrogen and oxygen atoms in total. The van der Waals surface area contributed by atoms with E-state index in [4.69, 9.17) is 5.73 Å². The van der Waals surface area contributed by atoms with Crippen LogP contribution in [0.2, 0.25) is 0 Å². The van der Waals surface area contributed by atoms with Gasteiger partial charge in [-0.25, -0.2) is 0 Å². The quantitative estimate of drug-likeness (QED) is 0.598. The number of hydrogen-bond donors (Lipinski definition) is 2. The molecule has 1 atom stereocenters. The summed E-state index contributed by atoms with van der Waals surface area (Å²) in [5.41, 5.74) is 12.3. The molecule has 0 saturated carbocycles. The van der Waals surface area contributed by atoms with Gasteiger partial charge in [-0.15, -0.1) is 0 Å². The number of imide groups is 1. The molecule has 1 unspecified atom stereocenters. The number of carbonyl (C=O) groups is 3. The molecule has 3 heterocycles. The maximum absolute atomic E-state index is 13.0. The molecule has 3 amide bonds. The third kappa shape index (κ3) is 3.15. The number of anilines is 1. The number of fused-ring (bicyclic) bond motifs is 2. The van der Waals surface area contributed by atoms with Crippen LogP contribution in [0.1, 0.15) is 45.5 Å². The van der Waals surface area contributed by atoms with Crippen LogP contribution in [0.4, 0.5) is 5.69 Å². The number of nitrogens with one attached hydrogen (secondary N) is 1. The molecular weight excluding hydrogens is 380 g/mol. The highest BCUT2D eigenvalue weighted by molar-refractivity contribution is 6.05. The van der Waals surface area contributed by atoms with Gasteiger partial charge in [-0.2, -0.15) is 0 Å². The lowest BCUT2D eigenvalue weighted by Crippen LogP contribution is -2.52. The minimum Gasteiger partial charge on any atom is -0.398 e. The van der Waals surface area contributed by atoms with Gasteiger partial charge in [0, 0.05) is 43.9 Å². The zero-order valence-electron chi connectivity index (χ0n) is 16.7. The second-order valence-corrected chi connectivity index (χ2v) is 8.29. The average molecular weight is 404 g/mol. The summed E-state index contributed by atoms with van der Waals surface area (Å²) in [6.07, 6.45) is 1.59. The van der Waals surface area contributed by atoms with E-state index in [9.17, 15) is 14.4 Å². The van der Waals surface area contributed by atoms with Crippen molar-refractivity contribution in [2.75, 3.05) is 12.3 Å². The van der Waals surface area contributed by atoms with Gasteiger partial charge in [0.05, 0.1) is 0 Å². The summed E-state index contributed by atoms with van der Waals surface area (Å²) < 4.78 is 0. The van der Waals surface area contributed by atoms with Crippen molar-refractivity contribution in [3.63, 3.8) is 0 Å². The van der Waals surface area contributed by atoms with Gasteiger partial charge in [0.1, 0.15) is 6.04 Å². The van der Waals surface area contributed by atoms with E-state index in [1.807, 2.05) is 24.3 Å². The number of amides is 3. The first-order valence-electron chi connectivity index (χ1n) is 10.4. The Bertz CT molecular complexity index is 1060. The molecule has 2 aromatic rings. The molecule has 1 fully saturated rings. The Morgan fingerprint density at radius 3 is 2.67 bits per heavy atom. The lowest BCUT2D eigenvalue weighted by Gasteiger charge is -2.30. The van der Waals surface area contributed by atoms with E-state index in [-0.39, 0.29) is 24.1 Å². The van der Waals surface area contributed by atoms with Crippen molar-refractivity contribution < 1.29 is 14.4 Å². The predicted octanol–water partition coefficient (Wildman–Crippen LogP) is 1.59. The van der Waals surface area contributed by atoms with Crippen molar-refractivity contribution in [2.24, 2.45) is 0 Å². The second kappa shape index (κ2) is 7.25. The van der Waals surface area contributed by atoms with Gasteiger partial charge in [0.2, 0.25) is 11.8 Å². The fourth-order valence-corrected chi connectivity index (χ4v) is 4.84. The first kappa shape index (κ1) is 18.8. The summed E-state index contributed by atoms with van der Waals surface area (Å²) in [6, 6.07) is 11.3. The highest BCUT2D eigenvalue weighted by Crippen LogP contribution is 2.32. The van der Waals surface area contributed by atoms with Gasteiger partial charge < -0.3 is 10.6 Å². The maximum Gasteiger partial charge on any atom is 0.255 e. The molecule has 0 bridgehead atoms. The monoisotopic (exact) mass is 404 g/mol. The van der Waals surface area contributed by atoms with Crippen LogP contribution >= 0.6 is 0 Å². The minimum absolute atomic E-state index is 0.130. The van der Waals surface area contributed by atoms with Crippen LogP contribution in [0.5, 0.6) is 0 Å². The number of piperidine rings is 1. The molecule has 3 aliphatic rings. The van der Waals surface area contributed by atoms with E-state index in [1.54, 1.807) is 4.90 Å². The van der Waals surface area contributed by atoms with Gasteiger partial charge in [0.25, 0.3) is 5.91 Å². The molecule has 5 rings (SSSR count). The Kier molecular flexibility index (Phi) is 4.55. The first-order chi connectivity index (χ1) is 14.5. The minimum atomic E-state index is -0.586. The van der Waals surface area contributed by atoms with Crippen LogP contribution in [0, 0.1) is 0 Å². The van der Waals surface area contributed by atoms with Crippen LogP contribution in [0.3, 0.4) is 0 Å². The highest BCUT2D eigenvalue weighted by atomic mass is 16.2. The Hall–Kier alpha value is -3.19. The van der Waals surface area contributed by atoms with E-state index >= 15 is 0 Å². The van der Waals surface area contributed by atoms with Crippen LogP contribution in [0.15, 0.2) is 36.4 Å². The third-order valence-corrected chi connectivity index (χ3v) is 6.46. The molecule has 3 aliphatic heterocycles. The van der Waals surface area contributed by atoms with E-state index in [1.165, 1.54) is 11.1 Å². The van der Waals surface area contributed by atoms with Crippen LogP contribution in [-0.4, -0.2) is 40.1 Å². The van der Waals surface area contributed by atoms with Gasteiger partial charge in [-0.05, 0) is 47.2 Å². The second-order valence-electron chi connectivity index (χ2n) is 8.29. The number of rotatable bonds is 3. The molecule has 1 saturated heterocycles. The van der Waals surface area contributed by atoms with Crippen LogP contribution in [-0.2, 0) is 35.6 Å².